The van der Waals surface area contributed by atoms with Gasteiger partial charge in [-0.05, 0) is 46.0 Å². The van der Waals surface area contributed by atoms with Crippen LogP contribution in [0.1, 0.15) is 48.7 Å². The second-order valence-corrected chi connectivity index (χ2v) is 6.11. The number of carbonyl (C=O) groups is 1. The predicted octanol–water partition coefficient (Wildman–Crippen LogP) is 4.01. The van der Waals surface area contributed by atoms with Crippen LogP contribution >= 0.6 is 15.9 Å². The second-order valence-electron chi connectivity index (χ2n) is 5.26. The summed E-state index contributed by atoms with van der Waals surface area (Å²) in [5, 5.41) is 4.25. The van der Waals surface area contributed by atoms with Crippen LogP contribution in [0, 0.1) is 0 Å². The molecule has 0 spiro atoms. The number of nitrogen functional groups attached to an aromatic ring is 1. The quantitative estimate of drug-likeness (QED) is 0.632. The molecular weight excluding hydrogens is 330 g/mol. The molecule has 0 aliphatic heterocycles. The smallest absolute Gasteiger partial charge is 0.182 e. The first-order valence-electron chi connectivity index (χ1n) is 7.12. The monoisotopic (exact) mass is 349 g/mol. The standard InChI is InChI=1S/C16H20BrN3O/c1-3-8-20-16(14(17)10-19-20)15(21)9-11(2)12-4-6-13(18)7-5-12/h4-7,10-11H,3,8-9,18H2,1-2H3. The zero-order valence-corrected chi connectivity index (χ0v) is 13.9. The molecule has 0 bridgehead atoms. The van der Waals surface area contributed by atoms with E-state index in [2.05, 4.69) is 34.9 Å². The van der Waals surface area contributed by atoms with E-state index in [0.717, 1.165) is 28.7 Å². The zero-order chi connectivity index (χ0) is 15.4. The molecular formula is C16H20BrN3O. The highest BCUT2D eigenvalue weighted by atomic mass is 79.9. The average molecular weight is 350 g/mol. The molecule has 0 aliphatic rings. The molecule has 1 aromatic carbocycles. The number of anilines is 1. The van der Waals surface area contributed by atoms with E-state index < -0.39 is 0 Å². The summed E-state index contributed by atoms with van der Waals surface area (Å²) in [6.07, 6.45) is 3.09. The van der Waals surface area contributed by atoms with Crippen LogP contribution in [0.5, 0.6) is 0 Å². The Hall–Kier alpha value is -1.62. The molecule has 1 unspecified atom stereocenters. The van der Waals surface area contributed by atoms with E-state index in [-0.39, 0.29) is 11.7 Å². The van der Waals surface area contributed by atoms with Gasteiger partial charge in [-0.3, -0.25) is 9.48 Å². The third kappa shape index (κ3) is 3.73. The van der Waals surface area contributed by atoms with Gasteiger partial charge in [-0.1, -0.05) is 26.0 Å². The number of nitrogens with zero attached hydrogens (tertiary/aromatic N) is 2. The van der Waals surface area contributed by atoms with Crippen molar-refractivity contribution in [2.45, 2.75) is 39.2 Å². The molecule has 1 heterocycles. The number of aromatic nitrogens is 2. The van der Waals surface area contributed by atoms with Gasteiger partial charge in [0, 0.05) is 18.7 Å². The lowest BCUT2D eigenvalue weighted by molar-refractivity contribution is 0.0964. The Morgan fingerprint density at radius 2 is 2.05 bits per heavy atom. The number of benzene rings is 1. The summed E-state index contributed by atoms with van der Waals surface area (Å²) < 4.78 is 2.55. The van der Waals surface area contributed by atoms with Crippen LogP contribution in [0.3, 0.4) is 0 Å². The fourth-order valence-electron chi connectivity index (χ4n) is 2.34. The van der Waals surface area contributed by atoms with Crippen LogP contribution in [0.15, 0.2) is 34.9 Å². The summed E-state index contributed by atoms with van der Waals surface area (Å²) in [6.45, 7) is 4.88. The van der Waals surface area contributed by atoms with Gasteiger partial charge >= 0.3 is 0 Å². The largest absolute Gasteiger partial charge is 0.399 e. The van der Waals surface area contributed by atoms with E-state index in [1.54, 1.807) is 10.9 Å². The number of carbonyl (C=O) groups excluding carboxylic acids is 1. The molecule has 21 heavy (non-hydrogen) atoms. The van der Waals surface area contributed by atoms with Crippen molar-refractivity contribution >= 4 is 27.4 Å². The van der Waals surface area contributed by atoms with Crippen molar-refractivity contribution < 1.29 is 4.79 Å². The maximum atomic E-state index is 12.6. The summed E-state index contributed by atoms with van der Waals surface area (Å²) in [5.41, 5.74) is 8.22. The van der Waals surface area contributed by atoms with Gasteiger partial charge in [0.15, 0.2) is 5.78 Å². The molecule has 0 saturated heterocycles. The normalized spacial score (nSPS) is 12.3. The molecule has 112 valence electrons. The topological polar surface area (TPSA) is 60.9 Å². The molecule has 4 nitrogen and oxygen atoms in total. The first-order chi connectivity index (χ1) is 10.0. The first kappa shape index (κ1) is 15.8. The van der Waals surface area contributed by atoms with E-state index >= 15 is 0 Å². The van der Waals surface area contributed by atoms with Gasteiger partial charge in [-0.15, -0.1) is 0 Å². The highest BCUT2D eigenvalue weighted by Crippen LogP contribution is 2.25. The number of hydrogen-bond acceptors (Lipinski definition) is 3. The van der Waals surface area contributed by atoms with Gasteiger partial charge in [-0.2, -0.15) is 5.10 Å². The SMILES string of the molecule is CCCn1ncc(Br)c1C(=O)CC(C)c1ccc(N)cc1. The number of hydrogen-bond donors (Lipinski definition) is 1. The van der Waals surface area contributed by atoms with Crippen LogP contribution in [-0.2, 0) is 6.54 Å². The molecule has 5 heteroatoms. The Kier molecular flexibility index (Phi) is 5.17. The van der Waals surface area contributed by atoms with Crippen molar-refractivity contribution in [1.29, 1.82) is 0 Å². The van der Waals surface area contributed by atoms with Gasteiger partial charge < -0.3 is 5.73 Å². The Balaban J connectivity index is 2.14. The van der Waals surface area contributed by atoms with Gasteiger partial charge in [0.1, 0.15) is 5.69 Å². The van der Waals surface area contributed by atoms with Crippen LogP contribution in [0.4, 0.5) is 5.69 Å². The van der Waals surface area contributed by atoms with Crippen molar-refractivity contribution in [2.75, 3.05) is 5.73 Å². The summed E-state index contributed by atoms with van der Waals surface area (Å²) in [6, 6.07) is 7.69. The van der Waals surface area contributed by atoms with E-state index in [0.29, 0.717) is 12.1 Å². The minimum atomic E-state index is 0.108. The molecule has 2 N–H and O–H groups in total. The molecule has 0 fully saturated rings. The van der Waals surface area contributed by atoms with Gasteiger partial charge in [0.05, 0.1) is 10.7 Å². The molecule has 0 radical (unpaired) electrons. The van der Waals surface area contributed by atoms with Gasteiger partial charge in [-0.25, -0.2) is 0 Å². The Morgan fingerprint density at radius 3 is 2.67 bits per heavy atom. The van der Waals surface area contributed by atoms with E-state index in [4.69, 9.17) is 5.73 Å². The average Bonchev–Trinajstić information content (AvgIpc) is 2.81. The summed E-state index contributed by atoms with van der Waals surface area (Å²) in [5.74, 6) is 0.257. The van der Waals surface area contributed by atoms with Gasteiger partial charge in [0.25, 0.3) is 0 Å². The summed E-state index contributed by atoms with van der Waals surface area (Å²) >= 11 is 3.42. The minimum Gasteiger partial charge on any atom is -0.399 e. The van der Waals surface area contributed by atoms with Gasteiger partial charge in [0.2, 0.25) is 0 Å². The maximum absolute atomic E-state index is 12.6. The molecule has 0 saturated carbocycles. The van der Waals surface area contributed by atoms with Crippen LogP contribution in [0.25, 0.3) is 0 Å². The minimum absolute atomic E-state index is 0.108. The highest BCUT2D eigenvalue weighted by Gasteiger charge is 2.19. The Bertz CT molecular complexity index is 619. The lowest BCUT2D eigenvalue weighted by Gasteiger charge is -2.12. The summed E-state index contributed by atoms with van der Waals surface area (Å²) in [4.78, 5) is 12.6. The highest BCUT2D eigenvalue weighted by molar-refractivity contribution is 9.10. The van der Waals surface area contributed by atoms with Crippen molar-refractivity contribution in [1.82, 2.24) is 9.78 Å². The molecule has 0 aliphatic carbocycles. The maximum Gasteiger partial charge on any atom is 0.182 e. The predicted molar refractivity (Wildman–Crippen MR) is 88.4 cm³/mol. The number of halogens is 1. The number of ketones is 1. The van der Waals surface area contributed by atoms with E-state index in [1.165, 1.54) is 0 Å². The zero-order valence-electron chi connectivity index (χ0n) is 12.3. The Labute approximate surface area is 133 Å². The van der Waals surface area contributed by atoms with E-state index in [9.17, 15) is 4.79 Å². The second kappa shape index (κ2) is 6.89. The molecule has 1 atom stereocenters. The molecule has 2 aromatic rings. The third-order valence-corrected chi connectivity index (χ3v) is 4.07. The lowest BCUT2D eigenvalue weighted by atomic mass is 9.94. The first-order valence-corrected chi connectivity index (χ1v) is 7.92. The third-order valence-electron chi connectivity index (χ3n) is 3.49. The molecule has 0 amide bonds. The van der Waals surface area contributed by atoms with Crippen molar-refractivity contribution in [2.24, 2.45) is 0 Å². The van der Waals surface area contributed by atoms with E-state index in [1.807, 2.05) is 24.3 Å². The van der Waals surface area contributed by atoms with Crippen molar-refractivity contribution in [3.63, 3.8) is 0 Å². The number of aryl methyl sites for hydroxylation is 1. The van der Waals surface area contributed by atoms with Crippen molar-refractivity contribution in [3.05, 3.63) is 46.2 Å². The fourth-order valence-corrected chi connectivity index (χ4v) is 2.86. The summed E-state index contributed by atoms with van der Waals surface area (Å²) in [7, 11) is 0. The number of nitrogens with two attached hydrogens (primary N) is 1. The number of rotatable bonds is 6. The lowest BCUT2D eigenvalue weighted by Crippen LogP contribution is -2.13. The molecule has 2 rings (SSSR count). The van der Waals surface area contributed by atoms with Crippen LogP contribution in [-0.4, -0.2) is 15.6 Å². The number of Topliss-reactive ketones (excluding diaryl/α,β-unsaturated/α-hetero) is 1. The Morgan fingerprint density at radius 1 is 1.38 bits per heavy atom. The van der Waals surface area contributed by atoms with Crippen molar-refractivity contribution in [3.8, 4) is 0 Å². The van der Waals surface area contributed by atoms with Crippen LogP contribution in [0.2, 0.25) is 0 Å². The van der Waals surface area contributed by atoms with Crippen LogP contribution < -0.4 is 5.73 Å². The molecule has 1 aromatic heterocycles. The fraction of sp³-hybridized carbons (Fsp3) is 0.375.